The fourth-order valence-electron chi connectivity index (χ4n) is 1.69. The van der Waals surface area contributed by atoms with Crippen molar-refractivity contribution >= 4 is 21.7 Å². The SMILES string of the molecule is CC.CC.CC.CC.c1ccc2c(c1)ccc1cn[nH]c12. The first-order valence-corrected chi connectivity index (χ1v) is 8.26. The molecule has 0 aliphatic carbocycles. The van der Waals surface area contributed by atoms with Crippen LogP contribution in [0, 0.1) is 0 Å². The predicted molar refractivity (Wildman–Crippen MR) is 99.0 cm³/mol. The molecule has 2 heteroatoms. The number of benzene rings is 2. The van der Waals surface area contributed by atoms with Crippen molar-refractivity contribution < 1.29 is 0 Å². The summed E-state index contributed by atoms with van der Waals surface area (Å²) >= 11 is 0. The van der Waals surface area contributed by atoms with E-state index in [0.717, 1.165) is 5.52 Å². The molecule has 0 radical (unpaired) electrons. The number of H-pyrrole nitrogens is 1. The largest absolute Gasteiger partial charge is 0.277 e. The molecule has 0 unspecified atom stereocenters. The fourth-order valence-corrected chi connectivity index (χ4v) is 1.69. The lowest BCUT2D eigenvalue weighted by molar-refractivity contribution is 1.12. The van der Waals surface area contributed by atoms with Crippen LogP contribution in [-0.2, 0) is 0 Å². The van der Waals surface area contributed by atoms with Gasteiger partial charge in [-0.1, -0.05) is 91.8 Å². The van der Waals surface area contributed by atoms with Crippen LogP contribution in [0.5, 0.6) is 0 Å². The predicted octanol–water partition coefficient (Wildman–Crippen LogP) is 6.82. The van der Waals surface area contributed by atoms with Crippen LogP contribution >= 0.6 is 0 Å². The molecule has 2 aromatic carbocycles. The summed E-state index contributed by atoms with van der Waals surface area (Å²) in [6.07, 6.45) is 1.85. The Hall–Kier alpha value is -1.83. The zero-order chi connectivity index (χ0) is 16.7. The number of fused-ring (bicyclic) bond motifs is 3. The molecular formula is C19H32N2. The van der Waals surface area contributed by atoms with Crippen molar-refractivity contribution in [3.63, 3.8) is 0 Å². The number of hydrogen-bond donors (Lipinski definition) is 1. The second-order valence-corrected chi connectivity index (χ2v) is 3.12. The van der Waals surface area contributed by atoms with Crippen LogP contribution in [0.1, 0.15) is 55.4 Å². The average molecular weight is 288 g/mol. The van der Waals surface area contributed by atoms with Crippen molar-refractivity contribution in [3.8, 4) is 0 Å². The van der Waals surface area contributed by atoms with Gasteiger partial charge in [0.15, 0.2) is 0 Å². The molecule has 0 aliphatic heterocycles. The summed E-state index contributed by atoms with van der Waals surface area (Å²) in [6, 6.07) is 12.5. The van der Waals surface area contributed by atoms with Crippen molar-refractivity contribution in [2.24, 2.45) is 0 Å². The maximum atomic E-state index is 4.03. The Kier molecular flexibility index (Phi) is 14.9. The Morgan fingerprint density at radius 3 is 1.81 bits per heavy atom. The van der Waals surface area contributed by atoms with Crippen molar-refractivity contribution in [2.45, 2.75) is 55.4 Å². The van der Waals surface area contributed by atoms with Gasteiger partial charge in [-0.3, -0.25) is 5.10 Å². The molecule has 0 aliphatic rings. The lowest BCUT2D eigenvalue weighted by atomic mass is 10.1. The van der Waals surface area contributed by atoms with Crippen LogP contribution in [0.15, 0.2) is 42.6 Å². The minimum atomic E-state index is 1.12. The summed E-state index contributed by atoms with van der Waals surface area (Å²) in [4.78, 5) is 0. The minimum absolute atomic E-state index is 1.12. The normalized spacial score (nSPS) is 8.00. The third-order valence-corrected chi connectivity index (χ3v) is 2.34. The number of rotatable bonds is 0. The summed E-state index contributed by atoms with van der Waals surface area (Å²) in [5.41, 5.74) is 1.12. The van der Waals surface area contributed by atoms with E-state index in [9.17, 15) is 0 Å². The molecule has 3 rings (SSSR count). The topological polar surface area (TPSA) is 28.7 Å². The average Bonchev–Trinajstić information content (AvgIpc) is 3.11. The number of nitrogens with zero attached hydrogens (tertiary/aromatic N) is 1. The van der Waals surface area contributed by atoms with Gasteiger partial charge in [-0.15, -0.1) is 0 Å². The highest BCUT2D eigenvalue weighted by molar-refractivity contribution is 6.04. The Bertz CT molecular complexity index is 568. The van der Waals surface area contributed by atoms with Crippen LogP contribution in [0.25, 0.3) is 21.7 Å². The molecule has 1 N–H and O–H groups in total. The Balaban J connectivity index is 0. The molecule has 0 saturated carbocycles. The van der Waals surface area contributed by atoms with E-state index < -0.39 is 0 Å². The van der Waals surface area contributed by atoms with Gasteiger partial charge >= 0.3 is 0 Å². The molecule has 0 atom stereocenters. The lowest BCUT2D eigenvalue weighted by Gasteiger charge is -1.96. The summed E-state index contributed by atoms with van der Waals surface area (Å²) in [5, 5.41) is 10.7. The lowest BCUT2D eigenvalue weighted by Crippen LogP contribution is -1.74. The van der Waals surface area contributed by atoms with E-state index in [-0.39, 0.29) is 0 Å². The minimum Gasteiger partial charge on any atom is -0.277 e. The monoisotopic (exact) mass is 288 g/mol. The molecule has 118 valence electrons. The van der Waals surface area contributed by atoms with Gasteiger partial charge < -0.3 is 0 Å². The highest BCUT2D eigenvalue weighted by Crippen LogP contribution is 2.22. The van der Waals surface area contributed by atoms with Gasteiger partial charge in [0.1, 0.15) is 0 Å². The van der Waals surface area contributed by atoms with Crippen molar-refractivity contribution in [1.82, 2.24) is 10.2 Å². The quantitative estimate of drug-likeness (QED) is 0.483. The van der Waals surface area contributed by atoms with Crippen molar-refractivity contribution in [1.29, 1.82) is 0 Å². The maximum Gasteiger partial charge on any atom is 0.0728 e. The van der Waals surface area contributed by atoms with Gasteiger partial charge in [-0.2, -0.15) is 5.10 Å². The molecule has 21 heavy (non-hydrogen) atoms. The molecule has 0 saturated heterocycles. The smallest absolute Gasteiger partial charge is 0.0728 e. The number of nitrogens with one attached hydrogen (secondary N) is 1. The number of aromatic nitrogens is 2. The molecule has 0 spiro atoms. The first-order chi connectivity index (χ1) is 10.4. The van der Waals surface area contributed by atoms with Crippen LogP contribution in [-0.4, -0.2) is 10.2 Å². The van der Waals surface area contributed by atoms with E-state index in [4.69, 9.17) is 0 Å². The number of aromatic amines is 1. The van der Waals surface area contributed by atoms with E-state index in [1.807, 2.05) is 73.7 Å². The molecule has 0 bridgehead atoms. The van der Waals surface area contributed by atoms with E-state index in [1.54, 1.807) is 0 Å². The number of hydrogen-bond acceptors (Lipinski definition) is 1. The Labute approximate surface area is 130 Å². The Morgan fingerprint density at radius 2 is 1.19 bits per heavy atom. The molecule has 1 aromatic heterocycles. The first-order valence-electron chi connectivity index (χ1n) is 8.26. The fraction of sp³-hybridized carbons (Fsp3) is 0.421. The second-order valence-electron chi connectivity index (χ2n) is 3.12. The summed E-state index contributed by atoms with van der Waals surface area (Å²) in [5.74, 6) is 0. The molecular weight excluding hydrogens is 256 g/mol. The van der Waals surface area contributed by atoms with Crippen LogP contribution in [0.3, 0.4) is 0 Å². The van der Waals surface area contributed by atoms with Crippen LogP contribution in [0.4, 0.5) is 0 Å². The van der Waals surface area contributed by atoms with Crippen molar-refractivity contribution in [3.05, 3.63) is 42.6 Å². The highest BCUT2D eigenvalue weighted by atomic mass is 15.1. The second kappa shape index (κ2) is 14.6. The van der Waals surface area contributed by atoms with Gasteiger partial charge in [-0.05, 0) is 5.39 Å². The third kappa shape index (κ3) is 5.99. The van der Waals surface area contributed by atoms with Crippen LogP contribution in [0.2, 0.25) is 0 Å². The van der Waals surface area contributed by atoms with Crippen LogP contribution < -0.4 is 0 Å². The van der Waals surface area contributed by atoms with Gasteiger partial charge in [0.25, 0.3) is 0 Å². The zero-order valence-corrected chi connectivity index (χ0v) is 15.0. The van der Waals surface area contributed by atoms with Gasteiger partial charge in [0.2, 0.25) is 0 Å². The summed E-state index contributed by atoms with van der Waals surface area (Å²) in [7, 11) is 0. The molecule has 2 nitrogen and oxygen atoms in total. The highest BCUT2D eigenvalue weighted by Gasteiger charge is 1.99. The summed E-state index contributed by atoms with van der Waals surface area (Å²) < 4.78 is 0. The third-order valence-electron chi connectivity index (χ3n) is 2.34. The van der Waals surface area contributed by atoms with Gasteiger partial charge in [0, 0.05) is 10.8 Å². The summed E-state index contributed by atoms with van der Waals surface area (Å²) in [6.45, 7) is 16.0. The van der Waals surface area contributed by atoms with Crippen molar-refractivity contribution in [2.75, 3.05) is 0 Å². The zero-order valence-electron chi connectivity index (χ0n) is 15.0. The van der Waals surface area contributed by atoms with E-state index >= 15 is 0 Å². The van der Waals surface area contributed by atoms with E-state index in [2.05, 4.69) is 34.5 Å². The maximum absolute atomic E-state index is 4.03. The molecule has 1 heterocycles. The molecule has 3 aromatic rings. The van der Waals surface area contributed by atoms with Gasteiger partial charge in [-0.25, -0.2) is 0 Å². The Morgan fingerprint density at radius 1 is 0.667 bits per heavy atom. The van der Waals surface area contributed by atoms with E-state index in [1.165, 1.54) is 16.2 Å². The van der Waals surface area contributed by atoms with E-state index in [0.29, 0.717) is 0 Å². The standard InChI is InChI=1S/C11H8N2.4C2H6/c1-2-4-10-8(3-1)5-6-9-7-12-13-11(9)10;4*1-2/h1-7H,(H,12,13);4*1-2H3. The molecule has 0 amide bonds. The first kappa shape index (κ1) is 21.5. The van der Waals surface area contributed by atoms with Gasteiger partial charge in [0.05, 0.1) is 11.7 Å². The molecule has 0 fully saturated rings.